The number of hydrogen-bond acceptors (Lipinski definition) is 7. The molecule has 7 nitrogen and oxygen atoms in total. The molecule has 0 aromatic heterocycles. The molecule has 1 fully saturated rings. The number of carbonyl (C=O) groups excluding carboxylic acids is 3. The smallest absolute Gasteiger partial charge is 0.338 e. The summed E-state index contributed by atoms with van der Waals surface area (Å²) in [6.45, 7) is 2.46. The lowest BCUT2D eigenvalue weighted by molar-refractivity contribution is -0.145. The van der Waals surface area contributed by atoms with Crippen molar-refractivity contribution in [2.45, 2.75) is 13.3 Å². The third-order valence-electron chi connectivity index (χ3n) is 3.78. The van der Waals surface area contributed by atoms with Crippen LogP contribution in [0.5, 0.6) is 5.75 Å². The number of benzene rings is 1. The highest BCUT2D eigenvalue weighted by Gasteiger charge is 2.44. The van der Waals surface area contributed by atoms with E-state index < -0.39 is 11.9 Å². The average molecular weight is 336 g/mol. The van der Waals surface area contributed by atoms with Crippen molar-refractivity contribution < 1.29 is 33.3 Å². The Hall–Kier alpha value is -2.57. The Kier molecular flexibility index (Phi) is 5.78. The van der Waals surface area contributed by atoms with E-state index in [9.17, 15) is 14.4 Å². The molecule has 0 N–H and O–H groups in total. The third-order valence-corrected chi connectivity index (χ3v) is 3.78. The summed E-state index contributed by atoms with van der Waals surface area (Å²) in [5.41, 5.74) is 0.173. The maximum Gasteiger partial charge on any atom is 0.338 e. The molecule has 2 rings (SSSR count). The maximum absolute atomic E-state index is 11.8. The zero-order chi connectivity index (χ0) is 17.7. The monoisotopic (exact) mass is 336 g/mol. The fourth-order valence-corrected chi connectivity index (χ4v) is 2.35. The van der Waals surface area contributed by atoms with E-state index in [-0.39, 0.29) is 28.9 Å². The van der Waals surface area contributed by atoms with Gasteiger partial charge in [-0.2, -0.15) is 0 Å². The van der Waals surface area contributed by atoms with Gasteiger partial charge in [0.1, 0.15) is 5.75 Å². The van der Waals surface area contributed by atoms with Crippen molar-refractivity contribution in [3.63, 3.8) is 0 Å². The van der Waals surface area contributed by atoms with Crippen LogP contribution in [0.25, 0.3) is 0 Å². The average Bonchev–Trinajstić information content (AvgIpc) is 3.38. The van der Waals surface area contributed by atoms with Crippen LogP contribution in [0.3, 0.4) is 0 Å². The van der Waals surface area contributed by atoms with Crippen LogP contribution in [0.2, 0.25) is 0 Å². The van der Waals surface area contributed by atoms with E-state index in [1.165, 1.54) is 26.4 Å². The zero-order valence-corrected chi connectivity index (χ0v) is 13.9. The molecule has 0 bridgehead atoms. The normalized spacial score (nSPS) is 18.5. The minimum absolute atomic E-state index is 0.0691. The Morgan fingerprint density at radius 3 is 2.38 bits per heavy atom. The molecule has 1 aliphatic rings. The Morgan fingerprint density at radius 2 is 1.75 bits per heavy atom. The molecule has 1 aromatic carbocycles. The highest BCUT2D eigenvalue weighted by molar-refractivity contribution is 6.03. The summed E-state index contributed by atoms with van der Waals surface area (Å²) in [5, 5.41) is 0. The van der Waals surface area contributed by atoms with E-state index in [1.807, 2.05) is 0 Å². The molecule has 0 aliphatic heterocycles. The third kappa shape index (κ3) is 4.04. The van der Waals surface area contributed by atoms with Crippen molar-refractivity contribution in [1.82, 2.24) is 0 Å². The largest absolute Gasteiger partial charge is 0.493 e. The van der Waals surface area contributed by atoms with Crippen LogP contribution in [0.4, 0.5) is 0 Å². The van der Waals surface area contributed by atoms with Gasteiger partial charge in [-0.25, -0.2) is 9.59 Å². The fraction of sp³-hybridized carbons (Fsp3) is 0.471. The second-order valence-electron chi connectivity index (χ2n) is 5.36. The lowest BCUT2D eigenvalue weighted by Gasteiger charge is -2.10. The van der Waals surface area contributed by atoms with Crippen LogP contribution in [-0.4, -0.2) is 45.3 Å². The molecule has 2 atom stereocenters. The number of esters is 3. The standard InChI is InChI=1S/C17H20O7/c1-4-23-17(20)13-7-10(13)9-24-11-5-6-12(15(18)21-2)14(8-11)16(19)22-3/h5-6,8,10,13H,4,7,9H2,1-3H3/t10-,13+/m0/s1. The highest BCUT2D eigenvalue weighted by atomic mass is 16.5. The molecule has 0 heterocycles. The Balaban J connectivity index is 2.03. The predicted octanol–water partition coefficient (Wildman–Crippen LogP) is 1.84. The summed E-state index contributed by atoms with van der Waals surface area (Å²) >= 11 is 0. The summed E-state index contributed by atoms with van der Waals surface area (Å²) in [6, 6.07) is 4.45. The topological polar surface area (TPSA) is 88.1 Å². The van der Waals surface area contributed by atoms with Gasteiger partial charge in [-0.05, 0) is 31.5 Å². The SMILES string of the molecule is CCOC(=O)[C@@H]1C[C@H]1COc1ccc(C(=O)OC)c(C(=O)OC)c1. The number of rotatable bonds is 7. The van der Waals surface area contributed by atoms with Crippen LogP contribution >= 0.6 is 0 Å². The molecule has 0 saturated heterocycles. The Bertz CT molecular complexity index is 638. The fourth-order valence-electron chi connectivity index (χ4n) is 2.35. The molecule has 1 saturated carbocycles. The minimum atomic E-state index is -0.656. The number of ether oxygens (including phenoxy) is 4. The van der Waals surface area contributed by atoms with Crippen LogP contribution in [0.15, 0.2) is 18.2 Å². The van der Waals surface area contributed by atoms with E-state index in [0.717, 1.165) is 6.42 Å². The second kappa shape index (κ2) is 7.81. The first kappa shape index (κ1) is 17.8. The van der Waals surface area contributed by atoms with Crippen molar-refractivity contribution in [3.05, 3.63) is 29.3 Å². The Morgan fingerprint density at radius 1 is 1.08 bits per heavy atom. The van der Waals surface area contributed by atoms with Crippen molar-refractivity contribution >= 4 is 17.9 Å². The van der Waals surface area contributed by atoms with E-state index in [0.29, 0.717) is 19.0 Å². The first-order valence-corrected chi connectivity index (χ1v) is 7.61. The number of hydrogen-bond donors (Lipinski definition) is 0. The van der Waals surface area contributed by atoms with Gasteiger partial charge in [0.2, 0.25) is 0 Å². The maximum atomic E-state index is 11.8. The van der Waals surface area contributed by atoms with E-state index in [2.05, 4.69) is 9.47 Å². The highest BCUT2D eigenvalue weighted by Crippen LogP contribution is 2.39. The summed E-state index contributed by atoms with van der Waals surface area (Å²) in [4.78, 5) is 35.1. The summed E-state index contributed by atoms with van der Waals surface area (Å²) in [7, 11) is 2.46. The quantitative estimate of drug-likeness (QED) is 0.554. The van der Waals surface area contributed by atoms with Crippen molar-refractivity contribution in [2.24, 2.45) is 11.8 Å². The molecule has 130 valence electrons. The van der Waals surface area contributed by atoms with Gasteiger partial charge >= 0.3 is 17.9 Å². The van der Waals surface area contributed by atoms with Gasteiger partial charge in [0, 0.05) is 5.92 Å². The van der Waals surface area contributed by atoms with Gasteiger partial charge in [-0.15, -0.1) is 0 Å². The van der Waals surface area contributed by atoms with Crippen LogP contribution in [0, 0.1) is 11.8 Å². The molecule has 24 heavy (non-hydrogen) atoms. The summed E-state index contributed by atoms with van der Waals surface area (Å²) in [6.07, 6.45) is 0.725. The van der Waals surface area contributed by atoms with Gasteiger partial charge in [-0.1, -0.05) is 0 Å². The van der Waals surface area contributed by atoms with E-state index in [1.54, 1.807) is 13.0 Å². The van der Waals surface area contributed by atoms with Crippen LogP contribution in [0.1, 0.15) is 34.1 Å². The lowest BCUT2D eigenvalue weighted by Crippen LogP contribution is -2.13. The molecule has 1 aromatic rings. The predicted molar refractivity (Wildman–Crippen MR) is 82.8 cm³/mol. The lowest BCUT2D eigenvalue weighted by atomic mass is 10.1. The van der Waals surface area contributed by atoms with E-state index in [4.69, 9.17) is 9.47 Å². The number of methoxy groups -OCH3 is 2. The van der Waals surface area contributed by atoms with Gasteiger partial charge in [0.05, 0.1) is 44.5 Å². The second-order valence-corrected chi connectivity index (χ2v) is 5.36. The van der Waals surface area contributed by atoms with Crippen LogP contribution in [-0.2, 0) is 19.0 Å². The molecule has 7 heteroatoms. The van der Waals surface area contributed by atoms with Crippen LogP contribution < -0.4 is 4.74 Å². The molecule has 0 spiro atoms. The zero-order valence-electron chi connectivity index (χ0n) is 13.9. The molecular weight excluding hydrogens is 316 g/mol. The molecule has 0 radical (unpaired) electrons. The van der Waals surface area contributed by atoms with Gasteiger partial charge in [0.15, 0.2) is 0 Å². The molecule has 1 aliphatic carbocycles. The van der Waals surface area contributed by atoms with E-state index >= 15 is 0 Å². The van der Waals surface area contributed by atoms with Crippen molar-refractivity contribution in [2.75, 3.05) is 27.4 Å². The minimum Gasteiger partial charge on any atom is -0.493 e. The van der Waals surface area contributed by atoms with Gasteiger partial charge in [0.25, 0.3) is 0 Å². The van der Waals surface area contributed by atoms with Gasteiger partial charge < -0.3 is 18.9 Å². The van der Waals surface area contributed by atoms with Crippen molar-refractivity contribution in [3.8, 4) is 5.75 Å². The molecular formula is C17H20O7. The van der Waals surface area contributed by atoms with Gasteiger partial charge in [-0.3, -0.25) is 4.79 Å². The van der Waals surface area contributed by atoms with Crippen molar-refractivity contribution in [1.29, 1.82) is 0 Å². The summed E-state index contributed by atoms with van der Waals surface area (Å²) < 4.78 is 19.9. The first-order chi connectivity index (χ1) is 11.5. The Labute approximate surface area is 139 Å². The number of carbonyl (C=O) groups is 3. The first-order valence-electron chi connectivity index (χ1n) is 7.61. The summed E-state index contributed by atoms with van der Waals surface area (Å²) in [5.74, 6) is -1.10. The molecule has 0 unspecified atom stereocenters. The molecule has 0 amide bonds.